The molecule has 0 aromatic heterocycles. The molecule has 0 saturated heterocycles. The number of rotatable bonds is 8. The van der Waals surface area contributed by atoms with Crippen molar-refractivity contribution in [3.63, 3.8) is 0 Å². The normalized spacial score (nSPS) is 13.2. The van der Waals surface area contributed by atoms with E-state index in [1.165, 1.54) is 0 Å². The quantitative estimate of drug-likeness (QED) is 0.536. The minimum Gasteiger partial charge on any atom is -0.396 e. The third kappa shape index (κ3) is 8.78. The van der Waals surface area contributed by atoms with E-state index in [0.29, 0.717) is 13.0 Å². The first-order valence-corrected chi connectivity index (χ1v) is 5.79. The Hall–Kier alpha value is 0.690. The van der Waals surface area contributed by atoms with Crippen LogP contribution in [-0.4, -0.2) is 29.2 Å². The lowest BCUT2D eigenvalue weighted by Crippen LogP contribution is -2.07. The molecular formula is C8H16BrClO2. The first-order valence-electron chi connectivity index (χ1n) is 4.23. The van der Waals surface area contributed by atoms with E-state index >= 15 is 0 Å². The molecule has 0 bridgehead atoms. The molecule has 2 nitrogen and oxygen atoms in total. The van der Waals surface area contributed by atoms with Gasteiger partial charge in [0.15, 0.2) is 0 Å². The molecule has 0 amide bonds. The van der Waals surface area contributed by atoms with Gasteiger partial charge in [-0.05, 0) is 25.7 Å². The van der Waals surface area contributed by atoms with Crippen molar-refractivity contribution in [1.82, 2.24) is 0 Å². The minimum absolute atomic E-state index is 0.188. The number of halogens is 2. The van der Waals surface area contributed by atoms with Gasteiger partial charge in [-0.15, -0.1) is 0 Å². The van der Waals surface area contributed by atoms with Crippen molar-refractivity contribution in [1.29, 1.82) is 0 Å². The zero-order valence-corrected chi connectivity index (χ0v) is 9.48. The zero-order chi connectivity index (χ0) is 9.23. The van der Waals surface area contributed by atoms with Crippen LogP contribution in [0.2, 0.25) is 0 Å². The summed E-state index contributed by atoms with van der Waals surface area (Å²) in [6.45, 7) is 0.902. The van der Waals surface area contributed by atoms with E-state index in [4.69, 9.17) is 21.4 Å². The highest BCUT2D eigenvalue weighted by Crippen LogP contribution is 2.07. The summed E-state index contributed by atoms with van der Waals surface area (Å²) in [5.41, 5.74) is -0.229. The van der Waals surface area contributed by atoms with E-state index < -0.39 is 0 Å². The van der Waals surface area contributed by atoms with Gasteiger partial charge in [-0.2, -0.15) is 0 Å². The molecule has 0 aromatic carbocycles. The number of hydrogen-bond acceptors (Lipinski definition) is 2. The molecule has 0 aliphatic carbocycles. The average molecular weight is 260 g/mol. The maximum Gasteiger partial charge on any atom is 0.131 e. The van der Waals surface area contributed by atoms with Crippen LogP contribution in [0.1, 0.15) is 25.7 Å². The third-order valence-corrected chi connectivity index (χ3v) is 2.32. The lowest BCUT2D eigenvalue weighted by Gasteiger charge is -2.09. The molecule has 12 heavy (non-hydrogen) atoms. The van der Waals surface area contributed by atoms with Crippen LogP contribution >= 0.6 is 27.5 Å². The number of aliphatic hydroxyl groups is 1. The first kappa shape index (κ1) is 12.7. The standard InChI is InChI=1S/C8H16BrClO2/c9-5-1-2-7-12-8(10)4-3-6-11/h8,11H,1-7H2. The van der Waals surface area contributed by atoms with E-state index in [1.54, 1.807) is 0 Å². The monoisotopic (exact) mass is 258 g/mol. The average Bonchev–Trinajstić information content (AvgIpc) is 2.09. The van der Waals surface area contributed by atoms with Crippen molar-refractivity contribution in [3.05, 3.63) is 0 Å². The van der Waals surface area contributed by atoms with Gasteiger partial charge in [0.05, 0.1) is 0 Å². The smallest absolute Gasteiger partial charge is 0.131 e. The number of ether oxygens (including phenoxy) is 1. The van der Waals surface area contributed by atoms with Gasteiger partial charge < -0.3 is 9.84 Å². The molecule has 0 aliphatic heterocycles. The molecule has 1 unspecified atom stereocenters. The van der Waals surface area contributed by atoms with Gasteiger partial charge in [-0.1, -0.05) is 27.5 Å². The molecule has 1 N–H and O–H groups in total. The Morgan fingerprint density at radius 2 is 2.08 bits per heavy atom. The number of unbranched alkanes of at least 4 members (excludes halogenated alkanes) is 1. The van der Waals surface area contributed by atoms with Crippen LogP contribution in [0.4, 0.5) is 0 Å². The summed E-state index contributed by atoms with van der Waals surface area (Å²) in [5, 5.41) is 9.52. The highest BCUT2D eigenvalue weighted by atomic mass is 79.9. The summed E-state index contributed by atoms with van der Waals surface area (Å²) >= 11 is 9.13. The predicted octanol–water partition coefficient (Wildman–Crippen LogP) is 2.52. The molecule has 1 atom stereocenters. The molecule has 0 aliphatic rings. The van der Waals surface area contributed by atoms with E-state index in [0.717, 1.165) is 24.6 Å². The maximum atomic E-state index is 8.50. The first-order chi connectivity index (χ1) is 5.81. The fourth-order valence-corrected chi connectivity index (χ4v) is 1.38. The Bertz CT molecular complexity index is 93.1. The van der Waals surface area contributed by atoms with Crippen LogP contribution in [-0.2, 0) is 4.74 Å². The molecule has 74 valence electrons. The summed E-state index contributed by atoms with van der Waals surface area (Å²) in [4.78, 5) is 0. The van der Waals surface area contributed by atoms with Crippen LogP contribution in [0.3, 0.4) is 0 Å². The molecule has 0 aromatic rings. The lowest BCUT2D eigenvalue weighted by molar-refractivity contribution is 0.0938. The van der Waals surface area contributed by atoms with Crippen LogP contribution in [0.15, 0.2) is 0 Å². The van der Waals surface area contributed by atoms with Gasteiger partial charge in [0, 0.05) is 18.5 Å². The summed E-state index contributed by atoms with van der Waals surface area (Å²) < 4.78 is 5.28. The van der Waals surface area contributed by atoms with Gasteiger partial charge in [-0.25, -0.2) is 0 Å². The Morgan fingerprint density at radius 1 is 1.33 bits per heavy atom. The van der Waals surface area contributed by atoms with Gasteiger partial charge in [0.2, 0.25) is 0 Å². The second-order valence-electron chi connectivity index (χ2n) is 2.54. The Kier molecular flexibility index (Phi) is 10.3. The van der Waals surface area contributed by atoms with Crippen molar-refractivity contribution in [2.45, 2.75) is 31.2 Å². The molecule has 0 fully saturated rings. The second-order valence-corrected chi connectivity index (χ2v) is 3.82. The summed E-state index contributed by atoms with van der Waals surface area (Å²) in [5.74, 6) is 0. The molecule has 0 radical (unpaired) electrons. The minimum atomic E-state index is -0.229. The summed E-state index contributed by atoms with van der Waals surface area (Å²) in [6.07, 6.45) is 3.59. The summed E-state index contributed by atoms with van der Waals surface area (Å²) in [7, 11) is 0. The molecule has 4 heteroatoms. The zero-order valence-electron chi connectivity index (χ0n) is 7.14. The van der Waals surface area contributed by atoms with Crippen molar-refractivity contribution in [2.75, 3.05) is 18.5 Å². The second kappa shape index (κ2) is 9.78. The molecular weight excluding hydrogens is 243 g/mol. The topological polar surface area (TPSA) is 29.5 Å². The van der Waals surface area contributed by atoms with Gasteiger partial charge >= 0.3 is 0 Å². The number of hydrogen-bond donors (Lipinski definition) is 1. The Morgan fingerprint density at radius 3 is 2.67 bits per heavy atom. The van der Waals surface area contributed by atoms with Crippen LogP contribution < -0.4 is 0 Å². The van der Waals surface area contributed by atoms with Crippen LogP contribution in [0.25, 0.3) is 0 Å². The summed E-state index contributed by atoms with van der Waals surface area (Å²) in [6, 6.07) is 0. The maximum absolute atomic E-state index is 8.50. The predicted molar refractivity (Wildman–Crippen MR) is 54.9 cm³/mol. The molecule has 0 heterocycles. The fourth-order valence-electron chi connectivity index (χ4n) is 0.743. The number of aliphatic hydroxyl groups excluding tert-OH is 1. The van der Waals surface area contributed by atoms with Crippen LogP contribution in [0, 0.1) is 0 Å². The molecule has 0 saturated carbocycles. The lowest BCUT2D eigenvalue weighted by atomic mass is 10.3. The third-order valence-electron chi connectivity index (χ3n) is 1.42. The largest absolute Gasteiger partial charge is 0.396 e. The van der Waals surface area contributed by atoms with E-state index in [1.807, 2.05) is 0 Å². The van der Waals surface area contributed by atoms with Crippen molar-refractivity contribution in [3.8, 4) is 0 Å². The molecule has 0 rings (SSSR count). The molecule has 0 spiro atoms. The number of alkyl halides is 2. The highest BCUT2D eigenvalue weighted by Gasteiger charge is 2.02. The van der Waals surface area contributed by atoms with Gasteiger partial charge in [-0.3, -0.25) is 0 Å². The van der Waals surface area contributed by atoms with Gasteiger partial charge in [0.25, 0.3) is 0 Å². The van der Waals surface area contributed by atoms with Crippen molar-refractivity contribution in [2.24, 2.45) is 0 Å². The SMILES string of the molecule is OCCCC(Cl)OCCCCBr. The van der Waals surface area contributed by atoms with Gasteiger partial charge in [0.1, 0.15) is 5.56 Å². The fraction of sp³-hybridized carbons (Fsp3) is 1.00. The van der Waals surface area contributed by atoms with E-state index in [9.17, 15) is 0 Å². The van der Waals surface area contributed by atoms with Crippen molar-refractivity contribution >= 4 is 27.5 Å². The van der Waals surface area contributed by atoms with E-state index in [2.05, 4.69) is 15.9 Å². The van der Waals surface area contributed by atoms with E-state index in [-0.39, 0.29) is 12.2 Å². The van der Waals surface area contributed by atoms with Crippen LogP contribution in [0.5, 0.6) is 0 Å². The highest BCUT2D eigenvalue weighted by molar-refractivity contribution is 9.09. The Labute approximate surface area is 87.4 Å². The Balaban J connectivity index is 3.02. The van der Waals surface area contributed by atoms with Crippen molar-refractivity contribution < 1.29 is 9.84 Å².